The van der Waals surface area contributed by atoms with Crippen molar-refractivity contribution in [2.75, 3.05) is 0 Å². The molecule has 0 atom stereocenters. The Hall–Kier alpha value is -3.22. The molecule has 0 heterocycles. The van der Waals surface area contributed by atoms with E-state index in [0.717, 1.165) is 6.07 Å². The normalized spacial score (nSPS) is 11.1. The Morgan fingerprint density at radius 1 is 0.618 bits per heavy atom. The second-order valence-corrected chi connectivity index (χ2v) is 7.48. The van der Waals surface area contributed by atoms with Gasteiger partial charge in [-0.1, -0.05) is 12.1 Å². The predicted octanol–water partition coefficient (Wildman–Crippen LogP) is 6.73. The summed E-state index contributed by atoms with van der Waals surface area (Å²) >= 11 is 0.461. The van der Waals surface area contributed by atoms with Gasteiger partial charge in [0.25, 0.3) is 0 Å². The van der Waals surface area contributed by atoms with E-state index >= 15 is 0 Å². The smallest absolute Gasteiger partial charge is 0.339 e. The highest BCUT2D eigenvalue weighted by Gasteiger charge is 2.28. The minimum absolute atomic E-state index is 0.103. The van der Waals surface area contributed by atoms with Crippen molar-refractivity contribution in [1.29, 1.82) is 0 Å². The molecule has 0 amide bonds. The molecule has 0 saturated carbocycles. The van der Waals surface area contributed by atoms with Crippen molar-refractivity contribution in [1.82, 2.24) is 0 Å². The Morgan fingerprint density at radius 3 is 1.53 bits per heavy atom. The first-order valence-corrected chi connectivity index (χ1v) is 9.85. The van der Waals surface area contributed by atoms with E-state index in [1.807, 2.05) is 0 Å². The van der Waals surface area contributed by atoms with E-state index < -0.39 is 87.6 Å². The zero-order valence-electron chi connectivity index (χ0n) is 16.2. The summed E-state index contributed by atoms with van der Waals surface area (Å²) in [5.41, 5.74) is -2.97. The molecule has 0 N–H and O–H groups in total. The highest BCUT2D eigenvalue weighted by atomic mass is 32.2. The van der Waals surface area contributed by atoms with Crippen LogP contribution < -0.4 is 0 Å². The minimum Gasteiger partial charge on any atom is -0.457 e. The lowest BCUT2D eigenvalue weighted by molar-refractivity contribution is 0.0458. The maximum Gasteiger partial charge on any atom is 0.339 e. The van der Waals surface area contributed by atoms with Gasteiger partial charge in [-0.2, -0.15) is 0 Å². The van der Waals surface area contributed by atoms with Crippen molar-refractivity contribution in [2.24, 2.45) is 0 Å². The van der Waals surface area contributed by atoms with Gasteiger partial charge in [-0.25, -0.2) is 48.7 Å². The number of thioether (sulfide) groups is 1. The van der Waals surface area contributed by atoms with Gasteiger partial charge in [0.2, 0.25) is 11.6 Å². The molecule has 34 heavy (non-hydrogen) atoms. The SMILES string of the molecule is O=C(OCc1c(F)c(F)c(F)c(F)c1F)c1ccccc1SCc1c(F)c(F)c(F)c(F)c1F. The predicted molar refractivity (Wildman–Crippen MR) is 97.6 cm³/mol. The molecule has 0 saturated heterocycles. The Bertz CT molecular complexity index is 1240. The van der Waals surface area contributed by atoms with E-state index in [1.165, 1.54) is 18.2 Å². The van der Waals surface area contributed by atoms with Gasteiger partial charge < -0.3 is 4.74 Å². The summed E-state index contributed by atoms with van der Waals surface area (Å²) in [6.45, 7) is -1.36. The van der Waals surface area contributed by atoms with Crippen molar-refractivity contribution in [3.8, 4) is 0 Å². The molecule has 0 aliphatic rings. The van der Waals surface area contributed by atoms with E-state index in [-0.39, 0.29) is 10.5 Å². The first-order chi connectivity index (χ1) is 16.0. The van der Waals surface area contributed by atoms with E-state index in [2.05, 4.69) is 4.74 Å². The van der Waals surface area contributed by atoms with Crippen molar-refractivity contribution in [3.63, 3.8) is 0 Å². The quantitative estimate of drug-likeness (QED) is 0.120. The van der Waals surface area contributed by atoms with Crippen LogP contribution in [-0.4, -0.2) is 5.97 Å². The Kier molecular flexibility index (Phi) is 7.44. The molecule has 0 aromatic heterocycles. The first kappa shape index (κ1) is 25.4. The lowest BCUT2D eigenvalue weighted by atomic mass is 10.1. The zero-order chi connectivity index (χ0) is 25.3. The molecule has 2 nitrogen and oxygen atoms in total. The van der Waals surface area contributed by atoms with Crippen LogP contribution in [0, 0.1) is 58.2 Å². The monoisotopic (exact) mass is 514 g/mol. The number of carbonyl (C=O) groups excluding carboxylic acids is 1. The molecule has 0 spiro atoms. The number of hydrogen-bond acceptors (Lipinski definition) is 3. The van der Waals surface area contributed by atoms with Gasteiger partial charge in [0.15, 0.2) is 46.5 Å². The molecule has 0 radical (unpaired) electrons. The van der Waals surface area contributed by atoms with Gasteiger partial charge >= 0.3 is 5.97 Å². The van der Waals surface area contributed by atoms with Crippen molar-refractivity contribution < 1.29 is 53.4 Å². The van der Waals surface area contributed by atoms with Gasteiger partial charge in [-0.3, -0.25) is 0 Å². The number of ether oxygens (including phenoxy) is 1. The maximum absolute atomic E-state index is 13.9. The number of hydrogen-bond donors (Lipinski definition) is 0. The van der Waals surface area contributed by atoms with Crippen LogP contribution in [0.1, 0.15) is 21.5 Å². The van der Waals surface area contributed by atoms with Gasteiger partial charge in [0.1, 0.15) is 6.61 Å². The summed E-state index contributed by atoms with van der Waals surface area (Å²) in [4.78, 5) is 12.2. The molecular formula is C21H8F10O2S. The number of esters is 1. The highest BCUT2D eigenvalue weighted by Crippen LogP contribution is 2.32. The molecule has 0 aliphatic heterocycles. The van der Waals surface area contributed by atoms with Gasteiger partial charge in [0, 0.05) is 16.2 Å². The van der Waals surface area contributed by atoms with Crippen LogP contribution in [0.4, 0.5) is 43.9 Å². The fourth-order valence-electron chi connectivity index (χ4n) is 2.68. The maximum atomic E-state index is 13.9. The number of benzene rings is 3. The topological polar surface area (TPSA) is 26.3 Å². The fourth-order valence-corrected chi connectivity index (χ4v) is 3.72. The number of halogens is 10. The third kappa shape index (κ3) is 4.56. The highest BCUT2D eigenvalue weighted by molar-refractivity contribution is 7.98. The van der Waals surface area contributed by atoms with Crippen LogP contribution in [0.15, 0.2) is 29.2 Å². The van der Waals surface area contributed by atoms with E-state index in [4.69, 9.17) is 0 Å². The fraction of sp³-hybridized carbons (Fsp3) is 0.0952. The summed E-state index contributed by atoms with van der Waals surface area (Å²) in [5.74, 6) is -24.3. The molecular weight excluding hydrogens is 506 g/mol. The van der Waals surface area contributed by atoms with Crippen LogP contribution in [0.25, 0.3) is 0 Å². The summed E-state index contributed by atoms with van der Waals surface area (Å²) in [6.07, 6.45) is 0. The molecule has 3 aromatic carbocycles. The summed E-state index contributed by atoms with van der Waals surface area (Å²) in [7, 11) is 0. The molecule has 3 rings (SSSR count). The zero-order valence-corrected chi connectivity index (χ0v) is 17.0. The lowest BCUT2D eigenvalue weighted by Crippen LogP contribution is -2.12. The standard InChI is InChI=1S/C21H8F10O2S/c22-11-8(12(23)16(27)19(30)15(11)26)5-33-21(32)7-3-1-2-4-10(7)34-6-9-13(24)17(28)20(31)18(29)14(9)25/h1-4H,5-6H2. The molecule has 0 bridgehead atoms. The number of rotatable bonds is 6. The summed E-state index contributed by atoms with van der Waals surface area (Å²) in [5, 5.41) is 0. The molecule has 0 unspecified atom stereocenters. The van der Waals surface area contributed by atoms with Crippen LogP contribution in [0.2, 0.25) is 0 Å². The van der Waals surface area contributed by atoms with Crippen LogP contribution >= 0.6 is 11.8 Å². The lowest BCUT2D eigenvalue weighted by Gasteiger charge is -2.12. The second-order valence-electron chi connectivity index (χ2n) is 6.46. The molecule has 3 aromatic rings. The Balaban J connectivity index is 1.83. The Morgan fingerprint density at radius 2 is 1.03 bits per heavy atom. The number of carbonyl (C=O) groups is 1. The van der Waals surface area contributed by atoms with Crippen LogP contribution in [0.5, 0.6) is 0 Å². The van der Waals surface area contributed by atoms with Crippen molar-refractivity contribution in [3.05, 3.63) is 99.1 Å². The van der Waals surface area contributed by atoms with Gasteiger partial charge in [-0.05, 0) is 12.1 Å². The van der Waals surface area contributed by atoms with E-state index in [0.29, 0.717) is 11.8 Å². The third-order valence-corrected chi connectivity index (χ3v) is 5.53. The molecule has 180 valence electrons. The van der Waals surface area contributed by atoms with Crippen LogP contribution in [-0.2, 0) is 17.1 Å². The summed E-state index contributed by atoms with van der Waals surface area (Å²) in [6, 6.07) is 4.90. The van der Waals surface area contributed by atoms with Crippen molar-refractivity contribution >= 4 is 17.7 Å². The second kappa shape index (κ2) is 9.95. The van der Waals surface area contributed by atoms with E-state index in [1.54, 1.807) is 0 Å². The average Bonchev–Trinajstić information content (AvgIpc) is 2.83. The van der Waals surface area contributed by atoms with Crippen molar-refractivity contribution in [2.45, 2.75) is 17.3 Å². The molecule has 0 aliphatic carbocycles. The van der Waals surface area contributed by atoms with Crippen LogP contribution in [0.3, 0.4) is 0 Å². The average molecular weight is 514 g/mol. The minimum atomic E-state index is -2.40. The van der Waals surface area contributed by atoms with Gasteiger partial charge in [0.05, 0.1) is 11.1 Å². The molecule has 0 fully saturated rings. The first-order valence-electron chi connectivity index (χ1n) is 8.86. The van der Waals surface area contributed by atoms with Gasteiger partial charge in [-0.15, -0.1) is 11.8 Å². The van der Waals surface area contributed by atoms with E-state index in [9.17, 15) is 48.7 Å². The molecule has 13 heteroatoms. The third-order valence-electron chi connectivity index (χ3n) is 4.43. The summed E-state index contributed by atoms with van der Waals surface area (Å²) < 4.78 is 139. The Labute approximate surface area is 188 Å². The largest absolute Gasteiger partial charge is 0.457 e.